The average Bonchev–Trinajstić information content (AvgIpc) is 3.50. The highest BCUT2D eigenvalue weighted by Gasteiger charge is 2.60. The molecule has 0 saturated carbocycles. The molecular weight excluding hydrogens is 477 g/mol. The molecule has 15 heteroatoms. The largest absolute Gasteiger partial charge is 0.401 e. The predicted molar refractivity (Wildman–Crippen MR) is 116 cm³/mol. The molecule has 176 valence electrons. The molecule has 0 bridgehead atoms. The number of nitrogens with zero attached hydrogens (tertiary/aromatic N) is 8. The van der Waals surface area contributed by atoms with E-state index in [0.717, 1.165) is 16.3 Å². The second kappa shape index (κ2) is 7.55. The summed E-state index contributed by atoms with van der Waals surface area (Å²) in [6.45, 7) is 0.335. The van der Waals surface area contributed by atoms with Gasteiger partial charge in [-0.15, -0.1) is 4.80 Å². The summed E-state index contributed by atoms with van der Waals surface area (Å²) >= 11 is 5.91. The van der Waals surface area contributed by atoms with Crippen molar-refractivity contribution in [3.63, 3.8) is 0 Å². The van der Waals surface area contributed by atoms with Crippen molar-refractivity contribution >= 4 is 40.5 Å². The quantitative estimate of drug-likeness (QED) is 0.450. The third-order valence-electron chi connectivity index (χ3n) is 5.61. The van der Waals surface area contributed by atoms with Gasteiger partial charge in [-0.3, -0.25) is 10.2 Å². The monoisotopic (exact) mass is 492 g/mol. The van der Waals surface area contributed by atoms with Gasteiger partial charge in [0.2, 0.25) is 0 Å². The number of nitrogens with one attached hydrogen (secondary N) is 2. The van der Waals surface area contributed by atoms with Gasteiger partial charge in [-0.2, -0.15) is 28.5 Å². The Morgan fingerprint density at radius 3 is 2.53 bits per heavy atom. The Morgan fingerprint density at radius 1 is 1.15 bits per heavy atom. The summed E-state index contributed by atoms with van der Waals surface area (Å²) in [5, 5.41) is 17.5. The van der Waals surface area contributed by atoms with E-state index in [2.05, 4.69) is 35.9 Å². The third-order valence-corrected chi connectivity index (χ3v) is 5.80. The minimum absolute atomic E-state index is 0.0103. The van der Waals surface area contributed by atoms with Gasteiger partial charge in [-0.25, -0.2) is 19.3 Å². The fraction of sp³-hybridized carbons (Fsp3) is 0.263. The van der Waals surface area contributed by atoms with Crippen LogP contribution in [0.2, 0.25) is 5.15 Å². The van der Waals surface area contributed by atoms with E-state index in [0.29, 0.717) is 11.4 Å². The highest BCUT2D eigenvalue weighted by Crippen LogP contribution is 2.50. The first-order valence-electron chi connectivity index (χ1n) is 9.87. The van der Waals surface area contributed by atoms with E-state index < -0.39 is 24.2 Å². The van der Waals surface area contributed by atoms with Crippen LogP contribution in [0, 0.1) is 0 Å². The van der Waals surface area contributed by atoms with E-state index in [-0.39, 0.29) is 28.0 Å². The molecule has 0 aromatic carbocycles. The molecule has 4 aromatic heterocycles. The van der Waals surface area contributed by atoms with Crippen LogP contribution in [0.4, 0.5) is 35.2 Å². The van der Waals surface area contributed by atoms with Crippen molar-refractivity contribution in [2.75, 3.05) is 29.1 Å². The molecule has 5 rings (SSSR count). The predicted octanol–water partition coefficient (Wildman–Crippen LogP) is 3.27. The highest BCUT2D eigenvalue weighted by molar-refractivity contribution is 6.29. The summed E-state index contributed by atoms with van der Waals surface area (Å²) in [4.78, 5) is 23.7. The Balaban J connectivity index is 1.52. The summed E-state index contributed by atoms with van der Waals surface area (Å²) < 4.78 is 43.7. The minimum Gasteiger partial charge on any atom is -0.386 e. The number of hydrogen-bond acceptors (Lipinski definition) is 7. The summed E-state index contributed by atoms with van der Waals surface area (Å²) in [7, 11) is 1.66. The molecule has 5 heterocycles. The Hall–Kier alpha value is -3.94. The molecular formula is C19H16ClF3N10O. The van der Waals surface area contributed by atoms with E-state index in [4.69, 9.17) is 11.6 Å². The number of carbonyl (C=O) groups is 1. The number of rotatable bonds is 3. The van der Waals surface area contributed by atoms with Crippen LogP contribution >= 0.6 is 11.6 Å². The number of halogens is 4. The topological polar surface area (TPSA) is 118 Å². The smallest absolute Gasteiger partial charge is 0.386 e. The van der Waals surface area contributed by atoms with Gasteiger partial charge in [0.05, 0.1) is 41.9 Å². The maximum atomic E-state index is 14.2. The van der Waals surface area contributed by atoms with Crippen molar-refractivity contribution < 1.29 is 18.0 Å². The summed E-state index contributed by atoms with van der Waals surface area (Å²) in [5.41, 5.74) is -1.46. The van der Waals surface area contributed by atoms with Crippen molar-refractivity contribution in [2.45, 2.75) is 18.5 Å². The van der Waals surface area contributed by atoms with Crippen molar-refractivity contribution in [3.8, 4) is 5.69 Å². The van der Waals surface area contributed by atoms with Gasteiger partial charge in [0.15, 0.2) is 10.8 Å². The Kier molecular flexibility index (Phi) is 4.86. The van der Waals surface area contributed by atoms with Crippen LogP contribution in [-0.2, 0) is 5.41 Å². The molecule has 2 amide bonds. The molecule has 0 unspecified atom stereocenters. The van der Waals surface area contributed by atoms with Crippen LogP contribution in [0.25, 0.3) is 11.3 Å². The average molecular weight is 493 g/mol. The molecule has 0 radical (unpaired) electrons. The Labute approximate surface area is 194 Å². The van der Waals surface area contributed by atoms with Gasteiger partial charge in [-0.05, 0) is 6.92 Å². The maximum absolute atomic E-state index is 14.2. The number of amides is 2. The van der Waals surface area contributed by atoms with Crippen molar-refractivity contribution in [1.29, 1.82) is 0 Å². The summed E-state index contributed by atoms with van der Waals surface area (Å²) in [6.07, 6.45) is 0.943. The van der Waals surface area contributed by atoms with Gasteiger partial charge in [0.25, 0.3) is 0 Å². The van der Waals surface area contributed by atoms with Crippen LogP contribution in [0.5, 0.6) is 0 Å². The number of anilines is 3. The normalized spacial score (nSPS) is 17.8. The molecule has 1 aliphatic heterocycles. The van der Waals surface area contributed by atoms with Gasteiger partial charge < -0.3 is 5.32 Å². The van der Waals surface area contributed by atoms with E-state index >= 15 is 0 Å². The van der Waals surface area contributed by atoms with E-state index in [1.165, 1.54) is 41.7 Å². The number of urea groups is 1. The lowest BCUT2D eigenvalue weighted by Crippen LogP contribution is -2.46. The zero-order chi connectivity index (χ0) is 24.3. The Morgan fingerprint density at radius 2 is 1.85 bits per heavy atom. The van der Waals surface area contributed by atoms with Crippen LogP contribution in [0.15, 0.2) is 36.9 Å². The van der Waals surface area contributed by atoms with E-state index in [1.54, 1.807) is 7.05 Å². The third kappa shape index (κ3) is 3.29. The van der Waals surface area contributed by atoms with Gasteiger partial charge in [-0.1, -0.05) is 11.6 Å². The number of carbonyl (C=O) groups excluding carboxylic acids is 1. The number of hydrogen-bond donors (Lipinski definition) is 2. The molecule has 4 aromatic rings. The fourth-order valence-electron chi connectivity index (χ4n) is 3.89. The van der Waals surface area contributed by atoms with E-state index in [1.807, 2.05) is 0 Å². The molecule has 0 aliphatic carbocycles. The first-order valence-corrected chi connectivity index (χ1v) is 10.2. The maximum Gasteiger partial charge on any atom is 0.401 e. The molecule has 2 N–H and O–H groups in total. The number of aromatic nitrogens is 7. The van der Waals surface area contributed by atoms with Crippen LogP contribution in [0.1, 0.15) is 12.6 Å². The number of fused-ring (bicyclic) bond motifs is 3. The molecule has 0 fully saturated rings. The molecule has 0 spiro atoms. The Bertz CT molecular complexity index is 1400. The second-order valence-electron chi connectivity index (χ2n) is 7.73. The molecule has 11 nitrogen and oxygen atoms in total. The summed E-state index contributed by atoms with van der Waals surface area (Å²) in [5.74, 6) is 0.114. The summed E-state index contributed by atoms with van der Waals surface area (Å²) in [6, 6.07) is 2.05. The number of alkyl halides is 3. The molecule has 0 saturated heterocycles. The molecule has 1 atom stereocenters. The van der Waals surface area contributed by atoms with Gasteiger partial charge in [0.1, 0.15) is 16.9 Å². The first-order chi connectivity index (χ1) is 16.1. The zero-order valence-electron chi connectivity index (χ0n) is 17.7. The van der Waals surface area contributed by atoms with Crippen molar-refractivity contribution in [1.82, 2.24) is 34.6 Å². The molecule has 34 heavy (non-hydrogen) atoms. The SMILES string of the molecule is CNc1cc(NC(=O)N2C[C@@](C)(C(F)(F)F)c3c2cnc2cc(Cl)nn32)ncc1-n1nccn1. The standard InChI is InChI=1S/C19H16ClF3N10O/c1-18(19(21,22)23)9-31(12-8-26-15-6-13(20)30-32(15)16(12)18)17(34)29-14-5-10(24-2)11(7-25-14)33-27-3-4-28-33/h3-8H,9H2,1-2H3,(H2,24,25,29,34)/t18-/m1/s1. The van der Waals surface area contributed by atoms with Crippen molar-refractivity contribution in [3.05, 3.63) is 47.8 Å². The highest BCUT2D eigenvalue weighted by atomic mass is 35.5. The van der Waals surface area contributed by atoms with Crippen LogP contribution < -0.4 is 15.5 Å². The van der Waals surface area contributed by atoms with Gasteiger partial charge in [0, 0.05) is 25.7 Å². The van der Waals surface area contributed by atoms with E-state index in [9.17, 15) is 18.0 Å². The van der Waals surface area contributed by atoms with Crippen molar-refractivity contribution in [2.24, 2.45) is 0 Å². The zero-order valence-corrected chi connectivity index (χ0v) is 18.4. The minimum atomic E-state index is -4.68. The lowest BCUT2D eigenvalue weighted by molar-refractivity contribution is -0.181. The lowest BCUT2D eigenvalue weighted by Gasteiger charge is -2.28. The molecule has 1 aliphatic rings. The second-order valence-corrected chi connectivity index (χ2v) is 8.12. The first kappa shape index (κ1) is 21.9. The van der Waals surface area contributed by atoms with Gasteiger partial charge >= 0.3 is 12.2 Å². The van der Waals surface area contributed by atoms with Crippen LogP contribution in [0.3, 0.4) is 0 Å². The lowest BCUT2D eigenvalue weighted by atomic mass is 9.88. The fourth-order valence-corrected chi connectivity index (χ4v) is 4.06. The number of pyridine rings is 1. The van der Waals surface area contributed by atoms with Crippen LogP contribution in [-0.4, -0.2) is 60.4 Å².